The number of rotatable bonds is 11. The van der Waals surface area contributed by atoms with Gasteiger partial charge in [-0.2, -0.15) is 0 Å². The Kier molecular flexibility index (Phi) is 10.9. The summed E-state index contributed by atoms with van der Waals surface area (Å²) < 4.78 is 28.7. The van der Waals surface area contributed by atoms with Crippen LogP contribution in [-0.4, -0.2) is 44.3 Å². The van der Waals surface area contributed by atoms with Gasteiger partial charge in [0.2, 0.25) is 11.8 Å². The molecule has 3 aromatic rings. The first-order valence-electron chi connectivity index (χ1n) is 12.7. The van der Waals surface area contributed by atoms with E-state index in [1.807, 2.05) is 20.8 Å². The van der Waals surface area contributed by atoms with Crippen LogP contribution in [0.2, 0.25) is 15.1 Å². The lowest BCUT2D eigenvalue weighted by Crippen LogP contribution is -2.51. The van der Waals surface area contributed by atoms with Crippen molar-refractivity contribution in [3.05, 3.63) is 92.9 Å². The number of sulfonamides is 1. The molecule has 0 spiro atoms. The number of amides is 2. The van der Waals surface area contributed by atoms with Gasteiger partial charge in [0.1, 0.15) is 12.6 Å². The molecule has 11 heteroatoms. The Hall–Kier alpha value is -2.78. The number of aryl methyl sites for hydroxylation is 1. The Bertz CT molecular complexity index is 1440. The number of anilines is 1. The van der Waals surface area contributed by atoms with Gasteiger partial charge in [0.05, 0.1) is 10.6 Å². The summed E-state index contributed by atoms with van der Waals surface area (Å²) in [4.78, 5) is 28.3. The van der Waals surface area contributed by atoms with Crippen LogP contribution in [0.25, 0.3) is 0 Å². The van der Waals surface area contributed by atoms with Crippen LogP contribution in [-0.2, 0) is 26.2 Å². The number of benzene rings is 3. The van der Waals surface area contributed by atoms with Gasteiger partial charge in [-0.05, 0) is 61.7 Å². The molecule has 7 nitrogen and oxygen atoms in total. The van der Waals surface area contributed by atoms with Crippen LogP contribution in [0.1, 0.15) is 31.9 Å². The highest BCUT2D eigenvalue weighted by Crippen LogP contribution is 2.30. The van der Waals surface area contributed by atoms with Crippen molar-refractivity contribution in [2.24, 2.45) is 5.92 Å². The maximum absolute atomic E-state index is 14.0. The van der Waals surface area contributed by atoms with Crippen LogP contribution >= 0.6 is 34.8 Å². The summed E-state index contributed by atoms with van der Waals surface area (Å²) in [5.74, 6) is -0.779. The first-order valence-corrected chi connectivity index (χ1v) is 15.2. The van der Waals surface area contributed by atoms with Crippen molar-refractivity contribution in [1.82, 2.24) is 10.2 Å². The molecule has 0 radical (unpaired) electrons. The molecule has 214 valence electrons. The highest BCUT2D eigenvalue weighted by molar-refractivity contribution is 7.92. The van der Waals surface area contributed by atoms with Crippen molar-refractivity contribution in [1.29, 1.82) is 0 Å². The molecule has 0 bridgehead atoms. The largest absolute Gasteiger partial charge is 0.354 e. The predicted octanol–water partition coefficient (Wildman–Crippen LogP) is 6.34. The molecular formula is C29H32Cl3N3O4S. The number of carbonyl (C=O) groups is 2. The van der Waals surface area contributed by atoms with Crippen LogP contribution < -0.4 is 9.62 Å². The van der Waals surface area contributed by atoms with Gasteiger partial charge in [0.25, 0.3) is 10.0 Å². The van der Waals surface area contributed by atoms with Crippen molar-refractivity contribution in [2.75, 3.05) is 17.4 Å². The first-order chi connectivity index (χ1) is 18.8. The van der Waals surface area contributed by atoms with Gasteiger partial charge in [-0.3, -0.25) is 13.9 Å². The molecule has 40 heavy (non-hydrogen) atoms. The summed E-state index contributed by atoms with van der Waals surface area (Å²) in [6.45, 7) is 7.16. The van der Waals surface area contributed by atoms with Gasteiger partial charge in [-0.1, -0.05) is 84.5 Å². The van der Waals surface area contributed by atoms with Gasteiger partial charge in [0, 0.05) is 28.2 Å². The fraction of sp³-hybridized carbons (Fsp3) is 0.310. The molecule has 0 aromatic heterocycles. The Labute approximate surface area is 251 Å². The van der Waals surface area contributed by atoms with E-state index in [4.69, 9.17) is 34.8 Å². The molecule has 0 saturated carbocycles. The quantitative estimate of drug-likeness (QED) is 0.270. The maximum atomic E-state index is 14.0. The van der Waals surface area contributed by atoms with Crippen molar-refractivity contribution in [3.8, 4) is 0 Å². The zero-order valence-electron chi connectivity index (χ0n) is 22.7. The van der Waals surface area contributed by atoms with Crippen LogP contribution in [0.5, 0.6) is 0 Å². The molecule has 1 atom stereocenters. The second-order valence-corrected chi connectivity index (χ2v) is 13.0. The molecule has 3 rings (SSSR count). The van der Waals surface area contributed by atoms with E-state index < -0.39 is 28.5 Å². The average molecular weight is 625 g/mol. The molecule has 3 aromatic carbocycles. The van der Waals surface area contributed by atoms with Gasteiger partial charge < -0.3 is 10.2 Å². The Morgan fingerprint density at radius 2 is 1.50 bits per heavy atom. The lowest BCUT2D eigenvalue weighted by Gasteiger charge is -2.32. The minimum absolute atomic E-state index is 0.0104. The van der Waals surface area contributed by atoms with Crippen LogP contribution in [0.4, 0.5) is 5.69 Å². The van der Waals surface area contributed by atoms with Crippen molar-refractivity contribution in [2.45, 2.75) is 45.2 Å². The topological polar surface area (TPSA) is 86.8 Å². The summed E-state index contributed by atoms with van der Waals surface area (Å²) >= 11 is 18.8. The van der Waals surface area contributed by atoms with E-state index in [9.17, 15) is 18.0 Å². The van der Waals surface area contributed by atoms with E-state index in [1.54, 1.807) is 43.3 Å². The third kappa shape index (κ3) is 8.13. The van der Waals surface area contributed by atoms with Crippen LogP contribution in [0.15, 0.2) is 71.6 Å². The molecule has 2 amide bonds. The zero-order valence-corrected chi connectivity index (χ0v) is 25.8. The molecule has 1 N–H and O–H groups in total. The molecule has 0 heterocycles. The molecule has 0 fully saturated rings. The molecule has 0 saturated heterocycles. The number of hydrogen-bond donors (Lipinski definition) is 1. The number of halogens is 3. The van der Waals surface area contributed by atoms with Crippen LogP contribution in [0, 0.1) is 12.8 Å². The lowest BCUT2D eigenvalue weighted by molar-refractivity contribution is -0.139. The second kappa shape index (κ2) is 13.7. The van der Waals surface area contributed by atoms with E-state index >= 15 is 0 Å². The lowest BCUT2D eigenvalue weighted by atomic mass is 10.1. The smallest absolute Gasteiger partial charge is 0.264 e. The summed E-state index contributed by atoms with van der Waals surface area (Å²) in [5, 5.41) is 3.67. The molecular weight excluding hydrogens is 593 g/mol. The number of hydrogen-bond acceptors (Lipinski definition) is 4. The molecule has 0 aliphatic carbocycles. The van der Waals surface area contributed by atoms with Gasteiger partial charge in [0.15, 0.2) is 0 Å². The first kappa shape index (κ1) is 31.7. The second-order valence-electron chi connectivity index (χ2n) is 9.88. The van der Waals surface area contributed by atoms with E-state index in [0.29, 0.717) is 17.1 Å². The van der Waals surface area contributed by atoms with E-state index in [-0.39, 0.29) is 39.0 Å². The standard InChI is InChI=1S/C29H32Cl3N3O4S/c1-19(2)16-33-29(37)21(4)34(17-22-7-5-6-8-27(22)32)28(36)18-35(25-14-23(30)13-24(31)15-25)40(38,39)26-11-9-20(3)10-12-26/h5-15,19,21H,16-18H2,1-4H3,(H,33,37)/t21-/m1/s1. The Morgan fingerprint density at radius 3 is 2.08 bits per heavy atom. The van der Waals surface area contributed by atoms with Crippen molar-refractivity contribution >= 4 is 62.3 Å². The Balaban J connectivity index is 2.06. The van der Waals surface area contributed by atoms with E-state index in [0.717, 1.165) is 9.87 Å². The summed E-state index contributed by atoms with van der Waals surface area (Å²) in [7, 11) is -4.24. The summed E-state index contributed by atoms with van der Waals surface area (Å²) in [6.07, 6.45) is 0. The molecule has 0 aliphatic heterocycles. The van der Waals surface area contributed by atoms with E-state index in [1.165, 1.54) is 35.2 Å². The molecule has 0 aliphatic rings. The third-order valence-electron chi connectivity index (χ3n) is 6.17. The minimum atomic E-state index is -4.24. The number of nitrogens with zero attached hydrogens (tertiary/aromatic N) is 2. The highest BCUT2D eigenvalue weighted by Gasteiger charge is 2.33. The SMILES string of the molecule is Cc1ccc(S(=O)(=O)N(CC(=O)N(Cc2ccccc2Cl)[C@H](C)C(=O)NCC(C)C)c2cc(Cl)cc(Cl)c2)cc1. The average Bonchev–Trinajstić information content (AvgIpc) is 2.88. The summed E-state index contributed by atoms with van der Waals surface area (Å²) in [5.41, 5.74) is 1.60. The fourth-order valence-corrected chi connectivity index (χ4v) is 6.00. The van der Waals surface area contributed by atoms with Crippen molar-refractivity contribution in [3.63, 3.8) is 0 Å². The highest BCUT2D eigenvalue weighted by atomic mass is 35.5. The number of nitrogens with one attached hydrogen (secondary N) is 1. The van der Waals surface area contributed by atoms with Crippen LogP contribution in [0.3, 0.4) is 0 Å². The zero-order chi connectivity index (χ0) is 29.6. The number of carbonyl (C=O) groups excluding carboxylic acids is 2. The minimum Gasteiger partial charge on any atom is -0.354 e. The van der Waals surface area contributed by atoms with Gasteiger partial charge >= 0.3 is 0 Å². The Morgan fingerprint density at radius 1 is 0.900 bits per heavy atom. The van der Waals surface area contributed by atoms with Crippen molar-refractivity contribution < 1.29 is 18.0 Å². The third-order valence-corrected chi connectivity index (χ3v) is 8.77. The van der Waals surface area contributed by atoms with Gasteiger partial charge in [-0.25, -0.2) is 8.42 Å². The van der Waals surface area contributed by atoms with E-state index in [2.05, 4.69) is 5.32 Å². The monoisotopic (exact) mass is 623 g/mol. The fourth-order valence-electron chi connectivity index (χ4n) is 3.89. The van der Waals surface area contributed by atoms with Gasteiger partial charge in [-0.15, -0.1) is 0 Å². The predicted molar refractivity (Wildman–Crippen MR) is 161 cm³/mol. The normalized spacial score (nSPS) is 12.2. The summed E-state index contributed by atoms with van der Waals surface area (Å²) in [6, 6.07) is 16.6. The maximum Gasteiger partial charge on any atom is 0.264 e. The molecule has 0 unspecified atom stereocenters.